The number of benzene rings is 1. The van der Waals surface area contributed by atoms with Gasteiger partial charge in [0, 0.05) is 6.04 Å². The Hall–Kier alpha value is -0.710. The van der Waals surface area contributed by atoms with Crippen molar-refractivity contribution in [3.8, 4) is 0 Å². The van der Waals surface area contributed by atoms with Crippen molar-refractivity contribution in [3.63, 3.8) is 0 Å². The van der Waals surface area contributed by atoms with Crippen molar-refractivity contribution in [2.24, 2.45) is 5.73 Å². The first kappa shape index (κ1) is 14.3. The molecule has 5 N–H and O–H groups in total. The second-order valence-corrected chi connectivity index (χ2v) is 4.21. The molecule has 0 heterocycles. The molecule has 0 aromatic heterocycles. The van der Waals surface area contributed by atoms with E-state index in [1.54, 1.807) is 0 Å². The van der Waals surface area contributed by atoms with Gasteiger partial charge in [-0.1, -0.05) is 30.3 Å². The van der Waals surface area contributed by atoms with Gasteiger partial charge in [0.2, 0.25) is 0 Å². The predicted molar refractivity (Wildman–Crippen MR) is 58.1 cm³/mol. The number of rotatable bonds is 2. The standard InChI is InChI=1S/C9H13N.H3O4P/c1-8(10)7-9-5-3-2-4-6-9;1-5(2,3)4/h2-6,8H,7,10H2,1H3;(H3,1,2,3,4)/t8-;/m0./s1. The summed E-state index contributed by atoms with van der Waals surface area (Å²) in [6.45, 7) is 2.02. The van der Waals surface area contributed by atoms with Crippen molar-refractivity contribution in [2.45, 2.75) is 19.4 Å². The van der Waals surface area contributed by atoms with E-state index in [1.165, 1.54) is 5.56 Å². The maximum atomic E-state index is 8.88. The van der Waals surface area contributed by atoms with Crippen molar-refractivity contribution in [1.82, 2.24) is 0 Å². The Morgan fingerprint density at radius 2 is 1.67 bits per heavy atom. The molecule has 0 aliphatic carbocycles. The van der Waals surface area contributed by atoms with E-state index in [0.29, 0.717) is 0 Å². The first-order chi connectivity index (χ1) is 6.79. The topological polar surface area (TPSA) is 104 Å². The van der Waals surface area contributed by atoms with Gasteiger partial charge in [0.1, 0.15) is 0 Å². The smallest absolute Gasteiger partial charge is 0.328 e. The van der Waals surface area contributed by atoms with Crippen LogP contribution in [0.5, 0.6) is 0 Å². The van der Waals surface area contributed by atoms with E-state index in [9.17, 15) is 0 Å². The average molecular weight is 233 g/mol. The van der Waals surface area contributed by atoms with Gasteiger partial charge in [-0.05, 0) is 18.9 Å². The summed E-state index contributed by atoms with van der Waals surface area (Å²) in [5, 5.41) is 0. The molecule has 15 heavy (non-hydrogen) atoms. The molecule has 1 aromatic rings. The lowest BCUT2D eigenvalue weighted by Gasteiger charge is -2.02. The summed E-state index contributed by atoms with van der Waals surface area (Å²) in [6, 6.07) is 10.6. The molecule has 0 saturated carbocycles. The Kier molecular flexibility index (Phi) is 6.40. The number of hydrogen-bond acceptors (Lipinski definition) is 2. The van der Waals surface area contributed by atoms with Crippen LogP contribution in [-0.4, -0.2) is 20.7 Å². The fraction of sp³-hybridized carbons (Fsp3) is 0.333. The zero-order valence-corrected chi connectivity index (χ0v) is 9.34. The maximum Gasteiger partial charge on any atom is 0.466 e. The monoisotopic (exact) mass is 233 g/mol. The number of nitrogens with two attached hydrogens (primary N) is 1. The van der Waals surface area contributed by atoms with E-state index in [4.69, 9.17) is 25.0 Å². The molecular formula is C9H16NO4P. The van der Waals surface area contributed by atoms with E-state index in [2.05, 4.69) is 12.1 Å². The Bertz CT molecular complexity index is 301. The molecule has 0 aliphatic heterocycles. The molecular weight excluding hydrogens is 217 g/mol. The minimum Gasteiger partial charge on any atom is -0.328 e. The third kappa shape index (κ3) is 13.3. The second kappa shape index (κ2) is 6.71. The van der Waals surface area contributed by atoms with Gasteiger partial charge < -0.3 is 20.4 Å². The minimum atomic E-state index is -4.64. The molecule has 0 bridgehead atoms. The Labute approximate surface area is 88.8 Å². The molecule has 1 atom stereocenters. The van der Waals surface area contributed by atoms with Crippen LogP contribution in [-0.2, 0) is 11.0 Å². The average Bonchev–Trinajstić information content (AvgIpc) is 2.01. The molecule has 0 radical (unpaired) electrons. The fourth-order valence-electron chi connectivity index (χ4n) is 0.986. The molecule has 1 aromatic carbocycles. The zero-order chi connectivity index (χ0) is 11.9. The van der Waals surface area contributed by atoms with Crippen LogP contribution in [0.2, 0.25) is 0 Å². The molecule has 0 aliphatic rings. The third-order valence-electron chi connectivity index (χ3n) is 1.40. The normalized spacial score (nSPS) is 12.6. The maximum absolute atomic E-state index is 8.88. The highest BCUT2D eigenvalue weighted by Gasteiger charge is 2.00. The molecule has 0 amide bonds. The first-order valence-corrected chi connectivity index (χ1v) is 5.93. The SMILES string of the molecule is C[C@H](N)Cc1ccccc1.O=P(O)(O)O. The van der Waals surface area contributed by atoms with Gasteiger partial charge in [-0.2, -0.15) is 0 Å². The number of phosphoric acid groups is 1. The van der Waals surface area contributed by atoms with Crippen LogP contribution in [0, 0.1) is 0 Å². The Balaban J connectivity index is 0.000000336. The minimum absolute atomic E-state index is 0.266. The molecule has 0 spiro atoms. The van der Waals surface area contributed by atoms with E-state index in [-0.39, 0.29) is 6.04 Å². The summed E-state index contributed by atoms with van der Waals surface area (Å²) in [4.78, 5) is 21.6. The van der Waals surface area contributed by atoms with Crippen molar-refractivity contribution < 1.29 is 19.2 Å². The van der Waals surface area contributed by atoms with Crippen LogP contribution in [0.3, 0.4) is 0 Å². The van der Waals surface area contributed by atoms with E-state index >= 15 is 0 Å². The molecule has 5 nitrogen and oxygen atoms in total. The van der Waals surface area contributed by atoms with Crippen LogP contribution >= 0.6 is 7.82 Å². The van der Waals surface area contributed by atoms with Gasteiger partial charge in [-0.3, -0.25) is 0 Å². The summed E-state index contributed by atoms with van der Waals surface area (Å²) in [6.07, 6.45) is 0.973. The van der Waals surface area contributed by atoms with E-state index in [1.807, 2.05) is 25.1 Å². The Morgan fingerprint density at radius 1 is 1.27 bits per heavy atom. The quantitative estimate of drug-likeness (QED) is 0.561. The lowest BCUT2D eigenvalue weighted by molar-refractivity contribution is 0.275. The van der Waals surface area contributed by atoms with Gasteiger partial charge in [-0.15, -0.1) is 0 Å². The van der Waals surface area contributed by atoms with Crippen molar-refractivity contribution in [2.75, 3.05) is 0 Å². The lowest BCUT2D eigenvalue weighted by Crippen LogP contribution is -2.17. The van der Waals surface area contributed by atoms with Crippen molar-refractivity contribution in [1.29, 1.82) is 0 Å². The highest BCUT2D eigenvalue weighted by molar-refractivity contribution is 7.45. The molecule has 0 fully saturated rings. The second-order valence-electron chi connectivity index (χ2n) is 3.18. The largest absolute Gasteiger partial charge is 0.466 e. The van der Waals surface area contributed by atoms with Crippen LogP contribution in [0.15, 0.2) is 30.3 Å². The highest BCUT2D eigenvalue weighted by atomic mass is 31.2. The van der Waals surface area contributed by atoms with Crippen LogP contribution < -0.4 is 5.73 Å². The van der Waals surface area contributed by atoms with Crippen molar-refractivity contribution >= 4 is 7.82 Å². The summed E-state index contributed by atoms with van der Waals surface area (Å²) >= 11 is 0. The summed E-state index contributed by atoms with van der Waals surface area (Å²) in [5.41, 5.74) is 6.94. The van der Waals surface area contributed by atoms with Gasteiger partial charge in [0.05, 0.1) is 0 Å². The molecule has 0 unspecified atom stereocenters. The van der Waals surface area contributed by atoms with Crippen molar-refractivity contribution in [3.05, 3.63) is 35.9 Å². The van der Waals surface area contributed by atoms with Crippen LogP contribution in [0.4, 0.5) is 0 Å². The zero-order valence-electron chi connectivity index (χ0n) is 8.45. The van der Waals surface area contributed by atoms with Crippen LogP contribution in [0.1, 0.15) is 12.5 Å². The van der Waals surface area contributed by atoms with Crippen LogP contribution in [0.25, 0.3) is 0 Å². The summed E-state index contributed by atoms with van der Waals surface area (Å²) < 4.78 is 8.88. The fourth-order valence-corrected chi connectivity index (χ4v) is 0.986. The Morgan fingerprint density at radius 3 is 2.00 bits per heavy atom. The van der Waals surface area contributed by atoms with Gasteiger partial charge >= 0.3 is 7.82 Å². The first-order valence-electron chi connectivity index (χ1n) is 4.37. The van der Waals surface area contributed by atoms with Gasteiger partial charge in [0.15, 0.2) is 0 Å². The molecule has 86 valence electrons. The van der Waals surface area contributed by atoms with E-state index in [0.717, 1.165) is 6.42 Å². The lowest BCUT2D eigenvalue weighted by atomic mass is 10.1. The molecule has 1 rings (SSSR count). The predicted octanol–water partition coefficient (Wildman–Crippen LogP) is 0.648. The third-order valence-corrected chi connectivity index (χ3v) is 1.40. The highest BCUT2D eigenvalue weighted by Crippen LogP contribution is 2.25. The van der Waals surface area contributed by atoms with E-state index < -0.39 is 7.82 Å². The summed E-state index contributed by atoms with van der Waals surface area (Å²) in [7, 11) is -4.64. The van der Waals surface area contributed by atoms with Gasteiger partial charge in [0.25, 0.3) is 0 Å². The molecule has 0 saturated heterocycles. The van der Waals surface area contributed by atoms with Gasteiger partial charge in [-0.25, -0.2) is 4.57 Å². The molecule has 6 heteroatoms. The summed E-state index contributed by atoms with van der Waals surface area (Å²) in [5.74, 6) is 0. The number of hydrogen-bond donors (Lipinski definition) is 4.